The van der Waals surface area contributed by atoms with Crippen LogP contribution in [0.1, 0.15) is 31.1 Å². The van der Waals surface area contributed by atoms with E-state index in [4.69, 9.17) is 11.6 Å². The Morgan fingerprint density at radius 1 is 1.20 bits per heavy atom. The standard InChI is InChI=1S/C13H13ClO/c1-13(2,3)9-8-12(15)10-4-6-11(14)7-5-10/h4-7H,1-3H3. The fourth-order valence-corrected chi connectivity index (χ4v) is 1.04. The second kappa shape index (κ2) is 4.51. The van der Waals surface area contributed by atoms with Crippen LogP contribution in [0.3, 0.4) is 0 Å². The molecule has 0 spiro atoms. The zero-order valence-electron chi connectivity index (χ0n) is 9.10. The highest BCUT2D eigenvalue weighted by atomic mass is 35.5. The number of hydrogen-bond donors (Lipinski definition) is 0. The summed E-state index contributed by atoms with van der Waals surface area (Å²) in [4.78, 5) is 11.6. The maximum Gasteiger partial charge on any atom is 0.235 e. The molecule has 78 valence electrons. The van der Waals surface area contributed by atoms with Crippen LogP contribution >= 0.6 is 11.6 Å². The summed E-state index contributed by atoms with van der Waals surface area (Å²) < 4.78 is 0. The van der Waals surface area contributed by atoms with Crippen LogP contribution in [-0.2, 0) is 0 Å². The Labute approximate surface area is 95.5 Å². The SMILES string of the molecule is CC(C)(C)C#CC(=O)c1ccc(Cl)cc1. The number of carbonyl (C=O) groups excluding carboxylic acids is 1. The zero-order chi connectivity index (χ0) is 11.5. The lowest BCUT2D eigenvalue weighted by Gasteiger charge is -2.06. The number of rotatable bonds is 1. The molecule has 0 heterocycles. The minimum Gasteiger partial charge on any atom is -0.279 e. The predicted molar refractivity (Wildman–Crippen MR) is 63.0 cm³/mol. The minimum absolute atomic E-state index is 0.151. The van der Waals surface area contributed by atoms with Crippen LogP contribution in [0.25, 0.3) is 0 Å². The first-order valence-electron chi connectivity index (χ1n) is 4.71. The number of Topliss-reactive ketones (excluding diaryl/α,β-unsaturated/α-hetero) is 1. The highest BCUT2D eigenvalue weighted by Gasteiger charge is 2.06. The van der Waals surface area contributed by atoms with Crippen LogP contribution in [0, 0.1) is 17.3 Å². The van der Waals surface area contributed by atoms with Crippen molar-refractivity contribution in [1.29, 1.82) is 0 Å². The summed E-state index contributed by atoms with van der Waals surface area (Å²) in [5.41, 5.74) is 0.429. The lowest BCUT2D eigenvalue weighted by Crippen LogP contribution is -2.02. The van der Waals surface area contributed by atoms with Crippen LogP contribution in [-0.4, -0.2) is 5.78 Å². The van der Waals surface area contributed by atoms with Crippen molar-refractivity contribution in [2.24, 2.45) is 5.41 Å². The highest BCUT2D eigenvalue weighted by Crippen LogP contribution is 2.12. The Balaban J connectivity index is 2.86. The molecule has 1 rings (SSSR count). The van der Waals surface area contributed by atoms with Gasteiger partial charge in [0.1, 0.15) is 0 Å². The zero-order valence-corrected chi connectivity index (χ0v) is 9.85. The average molecular weight is 221 g/mol. The molecular weight excluding hydrogens is 208 g/mol. The number of halogens is 1. The fourth-order valence-electron chi connectivity index (χ4n) is 0.918. The monoisotopic (exact) mass is 220 g/mol. The van der Waals surface area contributed by atoms with Crippen LogP contribution in [0.2, 0.25) is 5.02 Å². The summed E-state index contributed by atoms with van der Waals surface area (Å²) in [6.45, 7) is 5.90. The summed E-state index contributed by atoms with van der Waals surface area (Å²) in [6, 6.07) is 6.74. The van der Waals surface area contributed by atoms with Gasteiger partial charge in [0, 0.05) is 16.0 Å². The van der Waals surface area contributed by atoms with Crippen molar-refractivity contribution in [3.05, 3.63) is 34.9 Å². The molecule has 0 N–H and O–H groups in total. The van der Waals surface area contributed by atoms with E-state index in [-0.39, 0.29) is 11.2 Å². The van der Waals surface area contributed by atoms with Gasteiger partial charge in [0.25, 0.3) is 0 Å². The van der Waals surface area contributed by atoms with E-state index in [0.717, 1.165) is 0 Å². The summed E-state index contributed by atoms with van der Waals surface area (Å²) >= 11 is 5.72. The van der Waals surface area contributed by atoms with Gasteiger partial charge in [-0.15, -0.1) is 0 Å². The summed E-state index contributed by atoms with van der Waals surface area (Å²) in [5.74, 6) is 5.36. The first-order chi connectivity index (χ1) is 6.88. The molecule has 0 aliphatic carbocycles. The number of carbonyl (C=O) groups is 1. The summed E-state index contributed by atoms with van der Waals surface area (Å²) in [7, 11) is 0. The summed E-state index contributed by atoms with van der Waals surface area (Å²) in [6.07, 6.45) is 0. The molecule has 0 saturated carbocycles. The second-order valence-corrected chi connectivity index (χ2v) is 4.77. The Hall–Kier alpha value is -1.26. The van der Waals surface area contributed by atoms with Gasteiger partial charge in [-0.25, -0.2) is 0 Å². The van der Waals surface area contributed by atoms with Gasteiger partial charge in [0.05, 0.1) is 0 Å². The van der Waals surface area contributed by atoms with Crippen molar-refractivity contribution in [2.45, 2.75) is 20.8 Å². The van der Waals surface area contributed by atoms with E-state index in [1.165, 1.54) is 0 Å². The molecule has 1 aromatic rings. The quantitative estimate of drug-likeness (QED) is 0.402. The Morgan fingerprint density at radius 2 is 1.73 bits per heavy atom. The Bertz CT molecular complexity index is 413. The molecule has 0 unspecified atom stereocenters. The van der Waals surface area contributed by atoms with Crippen LogP contribution in [0.5, 0.6) is 0 Å². The van der Waals surface area contributed by atoms with E-state index in [1.807, 2.05) is 20.8 Å². The Morgan fingerprint density at radius 3 is 2.20 bits per heavy atom. The van der Waals surface area contributed by atoms with Crippen molar-refractivity contribution >= 4 is 17.4 Å². The van der Waals surface area contributed by atoms with Crippen LogP contribution < -0.4 is 0 Å². The van der Waals surface area contributed by atoms with Gasteiger partial charge < -0.3 is 0 Å². The lowest BCUT2D eigenvalue weighted by atomic mass is 9.97. The maximum absolute atomic E-state index is 11.6. The normalized spacial score (nSPS) is 10.4. The third-order valence-electron chi connectivity index (χ3n) is 1.66. The topological polar surface area (TPSA) is 17.1 Å². The smallest absolute Gasteiger partial charge is 0.235 e. The van der Waals surface area contributed by atoms with Crippen LogP contribution in [0.4, 0.5) is 0 Å². The minimum atomic E-state index is -0.165. The van der Waals surface area contributed by atoms with E-state index in [2.05, 4.69) is 11.8 Å². The van der Waals surface area contributed by atoms with Crippen molar-refractivity contribution in [2.75, 3.05) is 0 Å². The highest BCUT2D eigenvalue weighted by molar-refractivity contribution is 6.30. The maximum atomic E-state index is 11.6. The van der Waals surface area contributed by atoms with Gasteiger partial charge in [-0.3, -0.25) is 4.79 Å². The van der Waals surface area contributed by atoms with Gasteiger partial charge in [-0.2, -0.15) is 0 Å². The second-order valence-electron chi connectivity index (χ2n) is 4.34. The molecule has 15 heavy (non-hydrogen) atoms. The van der Waals surface area contributed by atoms with E-state index in [9.17, 15) is 4.79 Å². The molecule has 0 fully saturated rings. The van der Waals surface area contributed by atoms with Crippen LogP contribution in [0.15, 0.2) is 24.3 Å². The third-order valence-corrected chi connectivity index (χ3v) is 1.91. The molecule has 0 saturated heterocycles. The molecule has 0 radical (unpaired) electrons. The van der Waals surface area contributed by atoms with E-state index in [0.29, 0.717) is 10.6 Å². The van der Waals surface area contributed by atoms with E-state index in [1.54, 1.807) is 24.3 Å². The van der Waals surface area contributed by atoms with Gasteiger partial charge in [0.2, 0.25) is 5.78 Å². The van der Waals surface area contributed by atoms with E-state index >= 15 is 0 Å². The first-order valence-corrected chi connectivity index (χ1v) is 5.09. The molecule has 0 aromatic heterocycles. The molecular formula is C13H13ClO. The molecule has 0 aliphatic rings. The predicted octanol–water partition coefficient (Wildman–Crippen LogP) is 3.57. The first kappa shape index (κ1) is 11.8. The third kappa shape index (κ3) is 4.18. The molecule has 1 aromatic carbocycles. The van der Waals surface area contributed by atoms with Gasteiger partial charge in [-0.1, -0.05) is 17.5 Å². The average Bonchev–Trinajstić information content (AvgIpc) is 2.14. The van der Waals surface area contributed by atoms with Crippen molar-refractivity contribution in [3.63, 3.8) is 0 Å². The number of hydrogen-bond acceptors (Lipinski definition) is 1. The Kier molecular flexibility index (Phi) is 3.55. The molecule has 2 heteroatoms. The molecule has 1 nitrogen and oxygen atoms in total. The molecule has 0 atom stereocenters. The van der Waals surface area contributed by atoms with Gasteiger partial charge in [0.15, 0.2) is 0 Å². The molecule has 0 amide bonds. The van der Waals surface area contributed by atoms with Crippen molar-refractivity contribution in [3.8, 4) is 11.8 Å². The lowest BCUT2D eigenvalue weighted by molar-refractivity contribution is 0.105. The van der Waals surface area contributed by atoms with Crippen molar-refractivity contribution < 1.29 is 4.79 Å². The summed E-state index contributed by atoms with van der Waals surface area (Å²) in [5, 5.41) is 0.621. The largest absolute Gasteiger partial charge is 0.279 e. The molecule has 0 aliphatic heterocycles. The van der Waals surface area contributed by atoms with Crippen molar-refractivity contribution in [1.82, 2.24) is 0 Å². The molecule has 0 bridgehead atoms. The fraction of sp³-hybridized carbons (Fsp3) is 0.308. The van der Waals surface area contributed by atoms with Gasteiger partial charge in [-0.05, 0) is 51.0 Å². The van der Waals surface area contributed by atoms with Gasteiger partial charge >= 0.3 is 0 Å². The number of ketones is 1. The number of benzene rings is 1. The van der Waals surface area contributed by atoms with E-state index < -0.39 is 0 Å².